The minimum atomic E-state index is -0.651. The summed E-state index contributed by atoms with van der Waals surface area (Å²) in [5, 5.41) is 19.1. The van der Waals surface area contributed by atoms with Crippen molar-refractivity contribution in [2.75, 3.05) is 0 Å². The van der Waals surface area contributed by atoms with Gasteiger partial charge in [0.25, 0.3) is 5.56 Å². The van der Waals surface area contributed by atoms with E-state index in [1.54, 1.807) is 0 Å². The number of aromatic hydroxyl groups is 1. The van der Waals surface area contributed by atoms with E-state index in [4.69, 9.17) is 0 Å². The first kappa shape index (κ1) is 16.9. The third kappa shape index (κ3) is 3.31. The summed E-state index contributed by atoms with van der Waals surface area (Å²) in [6.45, 7) is 0. The number of hydrogen-bond acceptors (Lipinski definition) is 4. The maximum atomic E-state index is 13.4. The molecule has 25 heavy (non-hydrogen) atoms. The third-order valence-corrected chi connectivity index (χ3v) is 4.60. The molecule has 1 aliphatic rings. The van der Waals surface area contributed by atoms with Crippen LogP contribution in [0.2, 0.25) is 0 Å². The quantitative estimate of drug-likeness (QED) is 0.869. The zero-order valence-electron chi connectivity index (χ0n) is 13.5. The van der Waals surface area contributed by atoms with Crippen molar-refractivity contribution in [2.45, 2.75) is 38.1 Å². The predicted octanol–water partition coefficient (Wildman–Crippen LogP) is 3.30. The summed E-state index contributed by atoms with van der Waals surface area (Å²) < 4.78 is 14.9. The zero-order valence-corrected chi connectivity index (χ0v) is 13.5. The molecule has 1 aliphatic carbocycles. The van der Waals surface area contributed by atoms with Crippen molar-refractivity contribution in [3.8, 4) is 11.8 Å². The largest absolute Gasteiger partial charge is 0.507 e. The first-order valence-corrected chi connectivity index (χ1v) is 8.21. The molecule has 1 fully saturated rings. The number of nitrogens with zero attached hydrogens (tertiary/aromatic N) is 2. The number of halogens is 1. The molecule has 0 bridgehead atoms. The summed E-state index contributed by atoms with van der Waals surface area (Å²) in [5.41, 5.74) is -0.665. The lowest BCUT2D eigenvalue weighted by Crippen LogP contribution is -2.29. The topological polar surface area (TPSA) is 83.1 Å². The minimum absolute atomic E-state index is 0.0535. The van der Waals surface area contributed by atoms with E-state index in [-0.39, 0.29) is 28.5 Å². The van der Waals surface area contributed by atoms with Gasteiger partial charge in [0, 0.05) is 17.8 Å². The van der Waals surface area contributed by atoms with Gasteiger partial charge in [-0.1, -0.05) is 19.3 Å². The van der Waals surface area contributed by atoms with Gasteiger partial charge in [0.1, 0.15) is 23.2 Å². The second-order valence-electron chi connectivity index (χ2n) is 6.25. The highest BCUT2D eigenvalue weighted by Crippen LogP contribution is 2.28. The molecule has 5 nitrogen and oxygen atoms in total. The standard InChI is InChI=1S/C19H17FN2O3/c20-14-6-7-17(23)16(9-14)18(24)13-8-12(10-21)19(25)22(11-13)15-4-2-1-3-5-15/h6-9,11,15,23H,1-5H2. The number of benzene rings is 1. The molecule has 3 rings (SSSR count). The Bertz CT molecular complexity index is 921. The van der Waals surface area contributed by atoms with E-state index in [0.29, 0.717) is 0 Å². The molecule has 1 aromatic heterocycles. The lowest BCUT2D eigenvalue weighted by Gasteiger charge is -2.24. The van der Waals surface area contributed by atoms with Crippen LogP contribution in [0, 0.1) is 17.1 Å². The molecule has 128 valence electrons. The summed E-state index contributed by atoms with van der Waals surface area (Å²) >= 11 is 0. The van der Waals surface area contributed by atoms with Gasteiger partial charge in [0.15, 0.2) is 5.78 Å². The number of ketones is 1. The number of pyridine rings is 1. The van der Waals surface area contributed by atoms with Crippen molar-refractivity contribution in [3.63, 3.8) is 0 Å². The van der Waals surface area contributed by atoms with Crippen molar-refractivity contribution in [1.29, 1.82) is 5.26 Å². The lowest BCUT2D eigenvalue weighted by molar-refractivity contribution is 0.103. The van der Waals surface area contributed by atoms with Crippen molar-refractivity contribution >= 4 is 5.78 Å². The van der Waals surface area contributed by atoms with Gasteiger partial charge in [0.2, 0.25) is 0 Å². The molecule has 1 heterocycles. The smallest absolute Gasteiger partial charge is 0.268 e. The Hall–Kier alpha value is -2.94. The number of phenols is 1. The van der Waals surface area contributed by atoms with Gasteiger partial charge in [-0.2, -0.15) is 5.26 Å². The fourth-order valence-corrected chi connectivity index (χ4v) is 3.28. The average Bonchev–Trinajstić information content (AvgIpc) is 2.64. The molecule has 1 aromatic carbocycles. The monoisotopic (exact) mass is 340 g/mol. The van der Waals surface area contributed by atoms with Crippen LogP contribution in [-0.2, 0) is 0 Å². The summed E-state index contributed by atoms with van der Waals surface area (Å²) in [6, 6.07) is 6.07. The fourth-order valence-electron chi connectivity index (χ4n) is 3.28. The molecule has 1 N–H and O–H groups in total. The van der Waals surface area contributed by atoms with Crippen LogP contribution in [0.25, 0.3) is 0 Å². The number of rotatable bonds is 3. The summed E-state index contributed by atoms with van der Waals surface area (Å²) in [6.07, 6.45) is 6.13. The number of phenolic OH excluding ortho intramolecular Hbond substituents is 1. The summed E-state index contributed by atoms with van der Waals surface area (Å²) in [4.78, 5) is 25.1. The van der Waals surface area contributed by atoms with Crippen LogP contribution in [0.4, 0.5) is 4.39 Å². The van der Waals surface area contributed by atoms with E-state index in [2.05, 4.69) is 0 Å². The number of hydrogen-bond donors (Lipinski definition) is 1. The number of aromatic nitrogens is 1. The van der Waals surface area contributed by atoms with E-state index in [1.165, 1.54) is 16.8 Å². The highest BCUT2D eigenvalue weighted by molar-refractivity contribution is 6.10. The van der Waals surface area contributed by atoms with Crippen LogP contribution >= 0.6 is 0 Å². The van der Waals surface area contributed by atoms with E-state index < -0.39 is 17.2 Å². The molecule has 0 atom stereocenters. The maximum Gasteiger partial charge on any atom is 0.268 e. The first-order valence-electron chi connectivity index (χ1n) is 8.21. The summed E-state index contributed by atoms with van der Waals surface area (Å²) in [7, 11) is 0. The number of carbonyl (C=O) groups is 1. The van der Waals surface area contributed by atoms with Gasteiger partial charge in [-0.25, -0.2) is 4.39 Å². The Kier molecular flexibility index (Phi) is 4.66. The summed E-state index contributed by atoms with van der Waals surface area (Å²) in [5.74, 6) is -1.62. The van der Waals surface area contributed by atoms with Crippen molar-refractivity contribution in [1.82, 2.24) is 4.57 Å². The Morgan fingerprint density at radius 3 is 2.64 bits per heavy atom. The number of nitriles is 1. The molecule has 1 saturated carbocycles. The lowest BCUT2D eigenvalue weighted by atomic mass is 9.94. The molecule has 0 saturated heterocycles. The van der Waals surface area contributed by atoms with Gasteiger partial charge < -0.3 is 9.67 Å². The number of carbonyl (C=O) groups excluding carboxylic acids is 1. The highest BCUT2D eigenvalue weighted by Gasteiger charge is 2.22. The van der Waals surface area contributed by atoms with Crippen LogP contribution in [0.3, 0.4) is 0 Å². The van der Waals surface area contributed by atoms with E-state index in [0.717, 1.165) is 50.3 Å². The Labute approximate surface area is 144 Å². The van der Waals surface area contributed by atoms with Gasteiger partial charge in [0.05, 0.1) is 5.56 Å². The molecule has 0 radical (unpaired) electrons. The van der Waals surface area contributed by atoms with Gasteiger partial charge in [-0.3, -0.25) is 9.59 Å². The second kappa shape index (κ2) is 6.89. The molecular formula is C19H17FN2O3. The van der Waals surface area contributed by atoms with Crippen molar-refractivity contribution in [2.24, 2.45) is 0 Å². The molecule has 6 heteroatoms. The van der Waals surface area contributed by atoms with E-state index in [9.17, 15) is 24.3 Å². The Morgan fingerprint density at radius 2 is 1.96 bits per heavy atom. The highest BCUT2D eigenvalue weighted by atomic mass is 19.1. The predicted molar refractivity (Wildman–Crippen MR) is 89.0 cm³/mol. The molecular weight excluding hydrogens is 323 g/mol. The van der Waals surface area contributed by atoms with Crippen LogP contribution in [0.5, 0.6) is 5.75 Å². The van der Waals surface area contributed by atoms with E-state index in [1.807, 2.05) is 6.07 Å². The SMILES string of the molecule is N#Cc1cc(C(=O)c2cc(F)ccc2O)cn(C2CCCCC2)c1=O. The second-order valence-corrected chi connectivity index (χ2v) is 6.25. The van der Waals surface area contributed by atoms with Crippen molar-refractivity contribution in [3.05, 3.63) is 63.3 Å². The molecule has 0 unspecified atom stereocenters. The maximum absolute atomic E-state index is 13.4. The normalized spacial score (nSPS) is 14.9. The van der Waals surface area contributed by atoms with Crippen LogP contribution < -0.4 is 5.56 Å². The molecule has 0 amide bonds. The van der Waals surface area contributed by atoms with Crippen molar-refractivity contribution < 1.29 is 14.3 Å². The average molecular weight is 340 g/mol. The van der Waals surface area contributed by atoms with E-state index >= 15 is 0 Å². The minimum Gasteiger partial charge on any atom is -0.507 e. The molecule has 0 aliphatic heterocycles. The van der Waals surface area contributed by atoms with Gasteiger partial charge >= 0.3 is 0 Å². The van der Waals surface area contributed by atoms with Crippen LogP contribution in [-0.4, -0.2) is 15.5 Å². The fraction of sp³-hybridized carbons (Fsp3) is 0.316. The Morgan fingerprint density at radius 1 is 1.24 bits per heavy atom. The molecule has 2 aromatic rings. The van der Waals surface area contributed by atoms with Crippen LogP contribution in [0.1, 0.15) is 59.6 Å². The van der Waals surface area contributed by atoms with Gasteiger partial charge in [-0.15, -0.1) is 0 Å². The first-order chi connectivity index (χ1) is 12.0. The Balaban J connectivity index is 2.10. The van der Waals surface area contributed by atoms with Crippen LogP contribution in [0.15, 0.2) is 35.3 Å². The zero-order chi connectivity index (χ0) is 18.0. The molecule has 0 spiro atoms. The third-order valence-electron chi connectivity index (χ3n) is 4.60. The van der Waals surface area contributed by atoms with Gasteiger partial charge in [-0.05, 0) is 37.1 Å².